The molecule has 1 heterocycles. The van der Waals surface area contributed by atoms with Crippen molar-refractivity contribution >= 4 is 32.5 Å². The zero-order chi connectivity index (χ0) is 10.1. The van der Waals surface area contributed by atoms with Crippen molar-refractivity contribution in [3.05, 3.63) is 28.9 Å². The highest BCUT2D eigenvalue weighted by molar-refractivity contribution is 9.10. The van der Waals surface area contributed by atoms with Gasteiger partial charge in [-0.05, 0) is 39.5 Å². The molecular weight excluding hydrogens is 244 g/mol. The Labute approximate surface area is 90.0 Å². The van der Waals surface area contributed by atoms with E-state index in [1.807, 2.05) is 24.3 Å². The van der Waals surface area contributed by atoms with Crippen LogP contribution in [0, 0.1) is 0 Å². The second kappa shape index (κ2) is 3.46. The average molecular weight is 253 g/mol. The average Bonchev–Trinajstić information content (AvgIpc) is 2.17. The number of anilines is 1. The van der Waals surface area contributed by atoms with Crippen molar-refractivity contribution < 1.29 is 4.74 Å². The fraction of sp³-hybridized carbons (Fsp3) is 0.100. The Kier molecular flexibility index (Phi) is 2.29. The van der Waals surface area contributed by atoms with E-state index in [1.54, 1.807) is 7.11 Å². The molecule has 4 heteroatoms. The van der Waals surface area contributed by atoms with Crippen molar-refractivity contribution in [3.63, 3.8) is 0 Å². The highest BCUT2D eigenvalue weighted by Crippen LogP contribution is 2.27. The minimum atomic E-state index is 0.509. The van der Waals surface area contributed by atoms with Crippen LogP contribution in [0.25, 0.3) is 10.8 Å². The first-order valence-electron chi connectivity index (χ1n) is 4.10. The molecule has 2 N–H and O–H groups in total. The number of hydrogen-bond acceptors (Lipinski definition) is 3. The van der Waals surface area contributed by atoms with E-state index >= 15 is 0 Å². The minimum Gasteiger partial charge on any atom is -0.497 e. The van der Waals surface area contributed by atoms with Gasteiger partial charge in [0.25, 0.3) is 0 Å². The molecule has 0 bridgehead atoms. The van der Waals surface area contributed by atoms with E-state index in [-0.39, 0.29) is 0 Å². The summed E-state index contributed by atoms with van der Waals surface area (Å²) >= 11 is 3.36. The lowest BCUT2D eigenvalue weighted by Crippen LogP contribution is -1.91. The summed E-state index contributed by atoms with van der Waals surface area (Å²) in [4.78, 5) is 4.12. The molecule has 2 aromatic rings. The maximum absolute atomic E-state index is 5.62. The molecule has 1 aromatic heterocycles. The van der Waals surface area contributed by atoms with Crippen LogP contribution in [-0.4, -0.2) is 12.1 Å². The first kappa shape index (κ1) is 9.27. The number of nitrogen functional groups attached to an aromatic ring is 1. The van der Waals surface area contributed by atoms with Crippen molar-refractivity contribution in [2.24, 2.45) is 0 Å². The molecule has 14 heavy (non-hydrogen) atoms. The number of methoxy groups -OCH3 is 1. The van der Waals surface area contributed by atoms with Crippen LogP contribution in [0.15, 0.2) is 28.9 Å². The van der Waals surface area contributed by atoms with Crippen molar-refractivity contribution in [2.75, 3.05) is 12.8 Å². The number of ether oxygens (including phenoxy) is 1. The van der Waals surface area contributed by atoms with Crippen molar-refractivity contribution in [1.82, 2.24) is 4.98 Å². The topological polar surface area (TPSA) is 48.1 Å². The Bertz CT molecular complexity index is 485. The SMILES string of the molecule is COc1ccc2cc(N)nc(Br)c2c1. The number of aromatic nitrogens is 1. The summed E-state index contributed by atoms with van der Waals surface area (Å²) in [6, 6.07) is 7.61. The number of rotatable bonds is 1. The first-order valence-corrected chi connectivity index (χ1v) is 4.90. The number of nitrogens with two attached hydrogens (primary N) is 1. The number of fused-ring (bicyclic) bond motifs is 1. The van der Waals surface area contributed by atoms with Crippen LogP contribution in [0.1, 0.15) is 0 Å². The van der Waals surface area contributed by atoms with Gasteiger partial charge >= 0.3 is 0 Å². The molecule has 0 aliphatic rings. The van der Waals surface area contributed by atoms with Gasteiger partial charge in [0.2, 0.25) is 0 Å². The summed E-state index contributed by atoms with van der Waals surface area (Å²) < 4.78 is 5.87. The van der Waals surface area contributed by atoms with E-state index < -0.39 is 0 Å². The standard InChI is InChI=1S/C10H9BrN2O/c1-14-7-3-2-6-4-9(12)13-10(11)8(6)5-7/h2-5H,1H3,(H2,12,13). The van der Waals surface area contributed by atoms with Gasteiger partial charge < -0.3 is 10.5 Å². The van der Waals surface area contributed by atoms with Gasteiger partial charge in [0.05, 0.1) is 7.11 Å². The second-order valence-electron chi connectivity index (χ2n) is 2.92. The van der Waals surface area contributed by atoms with Gasteiger partial charge in [-0.25, -0.2) is 4.98 Å². The number of hydrogen-bond donors (Lipinski definition) is 1. The monoisotopic (exact) mass is 252 g/mol. The fourth-order valence-electron chi connectivity index (χ4n) is 1.33. The van der Waals surface area contributed by atoms with Crippen LogP contribution >= 0.6 is 15.9 Å². The highest BCUT2D eigenvalue weighted by Gasteiger charge is 2.03. The lowest BCUT2D eigenvalue weighted by molar-refractivity contribution is 0.415. The van der Waals surface area contributed by atoms with Crippen LogP contribution in [0.4, 0.5) is 5.82 Å². The van der Waals surface area contributed by atoms with Crippen LogP contribution < -0.4 is 10.5 Å². The summed E-state index contributed by atoms with van der Waals surface area (Å²) in [5.41, 5.74) is 5.62. The van der Waals surface area contributed by atoms with E-state index in [1.165, 1.54) is 0 Å². The quantitative estimate of drug-likeness (QED) is 0.794. The highest BCUT2D eigenvalue weighted by atomic mass is 79.9. The minimum absolute atomic E-state index is 0.509. The smallest absolute Gasteiger partial charge is 0.125 e. The largest absolute Gasteiger partial charge is 0.497 e. The third-order valence-corrected chi connectivity index (χ3v) is 2.62. The number of halogens is 1. The van der Waals surface area contributed by atoms with Gasteiger partial charge in [0.15, 0.2) is 0 Å². The fourth-order valence-corrected chi connectivity index (χ4v) is 1.88. The maximum Gasteiger partial charge on any atom is 0.125 e. The normalized spacial score (nSPS) is 10.4. The van der Waals surface area contributed by atoms with E-state index in [9.17, 15) is 0 Å². The third kappa shape index (κ3) is 1.53. The van der Waals surface area contributed by atoms with Crippen molar-refractivity contribution in [1.29, 1.82) is 0 Å². The lowest BCUT2D eigenvalue weighted by Gasteiger charge is -2.04. The van der Waals surface area contributed by atoms with Gasteiger partial charge in [-0.2, -0.15) is 0 Å². The molecule has 0 saturated carbocycles. The van der Waals surface area contributed by atoms with Crippen molar-refractivity contribution in [3.8, 4) is 5.75 Å². The molecule has 3 nitrogen and oxygen atoms in total. The summed E-state index contributed by atoms with van der Waals surface area (Å²) in [6.45, 7) is 0. The molecule has 0 fully saturated rings. The molecule has 0 unspecified atom stereocenters. The number of pyridine rings is 1. The zero-order valence-electron chi connectivity index (χ0n) is 7.62. The Morgan fingerprint density at radius 2 is 2.14 bits per heavy atom. The molecule has 0 amide bonds. The van der Waals surface area contributed by atoms with Crippen LogP contribution in [-0.2, 0) is 0 Å². The van der Waals surface area contributed by atoms with Crippen molar-refractivity contribution in [2.45, 2.75) is 0 Å². The summed E-state index contributed by atoms with van der Waals surface area (Å²) in [6.07, 6.45) is 0. The molecule has 1 aromatic carbocycles. The molecule has 0 spiro atoms. The third-order valence-electron chi connectivity index (χ3n) is 2.01. The lowest BCUT2D eigenvalue weighted by atomic mass is 10.1. The van der Waals surface area contributed by atoms with E-state index in [2.05, 4.69) is 20.9 Å². The first-order chi connectivity index (χ1) is 6.70. The van der Waals surface area contributed by atoms with Gasteiger partial charge in [-0.1, -0.05) is 6.07 Å². The summed E-state index contributed by atoms with van der Waals surface area (Å²) in [5, 5.41) is 2.05. The van der Waals surface area contributed by atoms with Crippen LogP contribution in [0.5, 0.6) is 5.75 Å². The number of benzene rings is 1. The molecule has 0 aliphatic carbocycles. The summed E-state index contributed by atoms with van der Waals surface area (Å²) in [7, 11) is 1.64. The zero-order valence-corrected chi connectivity index (χ0v) is 9.21. The predicted molar refractivity (Wildman–Crippen MR) is 60.4 cm³/mol. The van der Waals surface area contributed by atoms with Gasteiger partial charge in [-0.3, -0.25) is 0 Å². The molecule has 72 valence electrons. The van der Waals surface area contributed by atoms with E-state index in [4.69, 9.17) is 10.5 Å². The van der Waals surface area contributed by atoms with Crippen LogP contribution in [0.3, 0.4) is 0 Å². The van der Waals surface area contributed by atoms with E-state index in [0.717, 1.165) is 21.1 Å². The molecule has 2 rings (SSSR count). The Morgan fingerprint density at radius 1 is 1.36 bits per heavy atom. The van der Waals surface area contributed by atoms with Crippen LogP contribution in [0.2, 0.25) is 0 Å². The Balaban J connectivity index is 2.75. The van der Waals surface area contributed by atoms with E-state index in [0.29, 0.717) is 5.82 Å². The molecule has 0 saturated heterocycles. The Morgan fingerprint density at radius 3 is 2.86 bits per heavy atom. The van der Waals surface area contributed by atoms with Gasteiger partial charge in [0.1, 0.15) is 16.2 Å². The number of nitrogens with zero attached hydrogens (tertiary/aromatic N) is 1. The second-order valence-corrected chi connectivity index (χ2v) is 3.68. The van der Waals surface area contributed by atoms with Gasteiger partial charge in [-0.15, -0.1) is 0 Å². The predicted octanol–water partition coefficient (Wildman–Crippen LogP) is 2.59. The molecule has 0 atom stereocenters. The molecular formula is C10H9BrN2O. The summed E-state index contributed by atoms with van der Waals surface area (Å²) in [5.74, 6) is 1.32. The molecule has 0 aliphatic heterocycles. The van der Waals surface area contributed by atoms with Gasteiger partial charge in [0, 0.05) is 5.39 Å². The molecule has 0 radical (unpaired) electrons. The maximum atomic E-state index is 5.62. The Hall–Kier alpha value is -1.29.